The second-order valence-electron chi connectivity index (χ2n) is 4.69. The number of hydrogen-bond donors (Lipinski definition) is 1. The Morgan fingerprint density at radius 3 is 2.37 bits per heavy atom. The average molecular weight is 262 g/mol. The normalized spacial score (nSPS) is 10.1. The van der Waals surface area contributed by atoms with E-state index in [4.69, 9.17) is 0 Å². The first-order chi connectivity index (χ1) is 9.04. The van der Waals surface area contributed by atoms with Crippen LogP contribution in [0.4, 0.5) is 0 Å². The fourth-order valence-corrected chi connectivity index (χ4v) is 1.71. The Bertz CT molecular complexity index is 426. The van der Waals surface area contributed by atoms with Gasteiger partial charge < -0.3 is 10.2 Å². The lowest BCUT2D eigenvalue weighted by Gasteiger charge is -2.16. The van der Waals surface area contributed by atoms with Crippen LogP contribution in [-0.4, -0.2) is 30.3 Å². The summed E-state index contributed by atoms with van der Waals surface area (Å²) in [6.07, 6.45) is 2.09. The third-order valence-corrected chi connectivity index (χ3v) is 2.94. The first-order valence-electron chi connectivity index (χ1n) is 6.63. The minimum absolute atomic E-state index is 0.0412. The van der Waals surface area contributed by atoms with Gasteiger partial charge in [-0.25, -0.2) is 0 Å². The molecular formula is C15H22N2O2. The summed E-state index contributed by atoms with van der Waals surface area (Å²) in [4.78, 5) is 24.6. The van der Waals surface area contributed by atoms with Gasteiger partial charge in [-0.2, -0.15) is 0 Å². The van der Waals surface area contributed by atoms with Crippen LogP contribution in [0.2, 0.25) is 0 Å². The summed E-state index contributed by atoms with van der Waals surface area (Å²) >= 11 is 0. The Morgan fingerprint density at radius 1 is 1.21 bits per heavy atom. The minimum Gasteiger partial charge on any atom is -0.352 e. The van der Waals surface area contributed by atoms with Crippen LogP contribution in [0.1, 0.15) is 42.6 Å². The molecule has 0 radical (unpaired) electrons. The molecule has 4 nitrogen and oxygen atoms in total. The largest absolute Gasteiger partial charge is 0.352 e. The van der Waals surface area contributed by atoms with Crippen LogP contribution in [0.3, 0.4) is 0 Å². The summed E-state index contributed by atoms with van der Waals surface area (Å²) in [5, 5.41) is 2.73. The molecule has 4 heteroatoms. The fraction of sp³-hybridized carbons (Fsp3) is 0.467. The second-order valence-corrected chi connectivity index (χ2v) is 4.69. The first-order valence-corrected chi connectivity index (χ1v) is 6.63. The Balaban J connectivity index is 2.59. The van der Waals surface area contributed by atoms with E-state index in [-0.39, 0.29) is 11.8 Å². The molecule has 0 aromatic heterocycles. The van der Waals surface area contributed by atoms with E-state index < -0.39 is 0 Å². The van der Waals surface area contributed by atoms with Gasteiger partial charge in [-0.15, -0.1) is 0 Å². The lowest BCUT2D eigenvalue weighted by atomic mass is 10.1. The van der Waals surface area contributed by atoms with Crippen molar-refractivity contribution in [2.24, 2.45) is 0 Å². The highest BCUT2D eigenvalue weighted by Crippen LogP contribution is 2.07. The van der Waals surface area contributed by atoms with Crippen molar-refractivity contribution in [1.29, 1.82) is 0 Å². The Labute approximate surface area is 114 Å². The fourth-order valence-electron chi connectivity index (χ4n) is 1.71. The molecule has 0 bridgehead atoms. The molecule has 1 rings (SSSR count). The van der Waals surface area contributed by atoms with Gasteiger partial charge >= 0.3 is 0 Å². The Morgan fingerprint density at radius 2 is 1.84 bits per heavy atom. The molecule has 0 fully saturated rings. The van der Waals surface area contributed by atoms with Gasteiger partial charge in [0.15, 0.2) is 0 Å². The van der Waals surface area contributed by atoms with E-state index in [9.17, 15) is 9.59 Å². The van der Waals surface area contributed by atoms with Gasteiger partial charge in [-0.3, -0.25) is 9.59 Å². The third kappa shape index (κ3) is 5.12. The van der Waals surface area contributed by atoms with Crippen molar-refractivity contribution in [2.45, 2.75) is 33.2 Å². The van der Waals surface area contributed by atoms with Crippen molar-refractivity contribution < 1.29 is 9.59 Å². The molecule has 0 aliphatic carbocycles. The third-order valence-electron chi connectivity index (χ3n) is 2.94. The van der Waals surface area contributed by atoms with Gasteiger partial charge in [0.25, 0.3) is 5.91 Å². The van der Waals surface area contributed by atoms with Crippen molar-refractivity contribution in [3.63, 3.8) is 0 Å². The molecule has 0 aliphatic heterocycles. The zero-order valence-corrected chi connectivity index (χ0v) is 11.9. The molecular weight excluding hydrogens is 240 g/mol. The van der Waals surface area contributed by atoms with Gasteiger partial charge in [0.05, 0.1) is 0 Å². The lowest BCUT2D eigenvalue weighted by molar-refractivity contribution is -0.119. The maximum absolute atomic E-state index is 12.1. The van der Waals surface area contributed by atoms with Gasteiger partial charge in [0.2, 0.25) is 5.91 Å². The molecule has 0 saturated carbocycles. The number of carbonyl (C=O) groups excluding carboxylic acids is 2. The smallest absolute Gasteiger partial charge is 0.253 e. The second kappa shape index (κ2) is 7.56. The van der Waals surface area contributed by atoms with E-state index in [0.717, 1.165) is 24.9 Å². The number of amides is 2. The van der Waals surface area contributed by atoms with Crippen LogP contribution in [-0.2, 0) is 11.3 Å². The van der Waals surface area contributed by atoms with E-state index in [2.05, 4.69) is 12.2 Å². The summed E-state index contributed by atoms with van der Waals surface area (Å²) in [5.74, 6) is -0.0148. The van der Waals surface area contributed by atoms with Crippen molar-refractivity contribution in [3.8, 4) is 0 Å². The van der Waals surface area contributed by atoms with Gasteiger partial charge in [-0.05, 0) is 24.1 Å². The number of nitrogens with one attached hydrogen (secondary N) is 1. The van der Waals surface area contributed by atoms with E-state index in [1.54, 1.807) is 4.90 Å². The summed E-state index contributed by atoms with van der Waals surface area (Å²) < 4.78 is 0. The predicted octanol–water partition coefficient (Wildman–Crippen LogP) is 2.19. The Kier molecular flexibility index (Phi) is 6.06. The molecule has 1 aromatic carbocycles. The maximum Gasteiger partial charge on any atom is 0.253 e. The number of carbonyl (C=O) groups is 2. The molecule has 0 unspecified atom stereocenters. The molecule has 0 spiro atoms. The molecule has 1 aromatic rings. The zero-order valence-electron chi connectivity index (χ0n) is 11.9. The van der Waals surface area contributed by atoms with Crippen LogP contribution in [0.15, 0.2) is 24.3 Å². The average Bonchev–Trinajstić information content (AvgIpc) is 2.42. The highest BCUT2D eigenvalue weighted by molar-refractivity contribution is 5.94. The molecule has 104 valence electrons. The number of benzene rings is 1. The standard InChI is InChI=1S/C15H22N2O2/c1-4-5-10-17(3)15(19)14-8-6-13(7-9-14)11-16-12(2)18/h6-9H,4-5,10-11H2,1-3H3,(H,16,18). The number of nitrogens with zero attached hydrogens (tertiary/aromatic N) is 1. The highest BCUT2D eigenvalue weighted by Gasteiger charge is 2.10. The zero-order chi connectivity index (χ0) is 14.3. The molecule has 19 heavy (non-hydrogen) atoms. The van der Waals surface area contributed by atoms with Gasteiger partial charge in [-0.1, -0.05) is 25.5 Å². The molecule has 0 atom stereocenters. The molecule has 0 aliphatic rings. The van der Waals surface area contributed by atoms with Crippen LogP contribution in [0, 0.1) is 0 Å². The van der Waals surface area contributed by atoms with Crippen LogP contribution in [0.5, 0.6) is 0 Å². The summed E-state index contributed by atoms with van der Waals surface area (Å²) in [5.41, 5.74) is 1.67. The van der Waals surface area contributed by atoms with E-state index in [0.29, 0.717) is 12.1 Å². The maximum atomic E-state index is 12.1. The van der Waals surface area contributed by atoms with E-state index in [1.165, 1.54) is 6.92 Å². The van der Waals surface area contributed by atoms with Gasteiger partial charge in [0, 0.05) is 32.6 Å². The van der Waals surface area contributed by atoms with Crippen LogP contribution >= 0.6 is 0 Å². The number of rotatable bonds is 6. The summed E-state index contributed by atoms with van der Waals surface area (Å²) in [6.45, 7) is 4.87. The highest BCUT2D eigenvalue weighted by atomic mass is 16.2. The molecule has 0 saturated heterocycles. The quantitative estimate of drug-likeness (QED) is 0.854. The Hall–Kier alpha value is -1.84. The topological polar surface area (TPSA) is 49.4 Å². The van der Waals surface area contributed by atoms with Crippen LogP contribution < -0.4 is 5.32 Å². The number of unbranched alkanes of at least 4 members (excludes halogenated alkanes) is 1. The predicted molar refractivity (Wildman–Crippen MR) is 75.8 cm³/mol. The van der Waals surface area contributed by atoms with Crippen molar-refractivity contribution in [3.05, 3.63) is 35.4 Å². The van der Waals surface area contributed by atoms with Crippen molar-refractivity contribution in [1.82, 2.24) is 10.2 Å². The monoisotopic (exact) mass is 262 g/mol. The van der Waals surface area contributed by atoms with E-state index >= 15 is 0 Å². The molecule has 2 amide bonds. The van der Waals surface area contributed by atoms with E-state index in [1.807, 2.05) is 31.3 Å². The summed E-state index contributed by atoms with van der Waals surface area (Å²) in [6, 6.07) is 7.36. The molecule has 1 N–H and O–H groups in total. The van der Waals surface area contributed by atoms with Crippen molar-refractivity contribution in [2.75, 3.05) is 13.6 Å². The summed E-state index contributed by atoms with van der Waals surface area (Å²) in [7, 11) is 1.82. The van der Waals surface area contributed by atoms with Gasteiger partial charge in [0.1, 0.15) is 0 Å². The van der Waals surface area contributed by atoms with Crippen LogP contribution in [0.25, 0.3) is 0 Å². The lowest BCUT2D eigenvalue weighted by Crippen LogP contribution is -2.27. The first kappa shape index (κ1) is 15.2. The molecule has 0 heterocycles. The van der Waals surface area contributed by atoms with Crippen molar-refractivity contribution >= 4 is 11.8 Å². The minimum atomic E-state index is -0.0561. The SMILES string of the molecule is CCCCN(C)C(=O)c1ccc(CNC(C)=O)cc1. The number of hydrogen-bond acceptors (Lipinski definition) is 2.